The second-order valence-electron chi connectivity index (χ2n) is 6.84. The summed E-state index contributed by atoms with van der Waals surface area (Å²) in [6.07, 6.45) is 1.56. The summed E-state index contributed by atoms with van der Waals surface area (Å²) >= 11 is 1.20. The zero-order valence-electron chi connectivity index (χ0n) is 17.2. The highest BCUT2D eigenvalue weighted by molar-refractivity contribution is 7.99. The molecule has 1 aromatic carbocycles. The molecular weight excluding hydrogens is 416 g/mol. The number of carbonyl (C=O) groups excluding carboxylic acids is 1. The number of benzene rings is 1. The van der Waals surface area contributed by atoms with Crippen molar-refractivity contribution in [3.63, 3.8) is 0 Å². The van der Waals surface area contributed by atoms with E-state index in [9.17, 15) is 9.59 Å². The monoisotopic (exact) mass is 438 g/mol. The molecule has 4 rings (SSSR count). The van der Waals surface area contributed by atoms with Crippen molar-refractivity contribution in [1.29, 1.82) is 0 Å². The molecule has 0 radical (unpaired) electrons. The maximum absolute atomic E-state index is 13.1. The van der Waals surface area contributed by atoms with Gasteiger partial charge in [0.2, 0.25) is 5.91 Å². The highest BCUT2D eigenvalue weighted by Crippen LogP contribution is 2.25. The Morgan fingerprint density at radius 1 is 1.29 bits per heavy atom. The molecular formula is C22H22N4O4S. The largest absolute Gasteiger partial charge is 0.492 e. The average Bonchev–Trinajstić information content (AvgIpc) is 3.39. The minimum absolute atomic E-state index is 0.0833. The molecule has 0 unspecified atom stereocenters. The molecule has 0 aliphatic carbocycles. The highest BCUT2D eigenvalue weighted by atomic mass is 32.2. The smallest absolute Gasteiger partial charge is 0.278 e. The molecule has 0 aliphatic rings. The third-order valence-corrected chi connectivity index (χ3v) is 5.50. The minimum atomic E-state index is -0.221. The summed E-state index contributed by atoms with van der Waals surface area (Å²) in [4.78, 5) is 33.3. The molecule has 0 aliphatic heterocycles. The van der Waals surface area contributed by atoms with Gasteiger partial charge in [0.25, 0.3) is 5.56 Å². The molecule has 0 fully saturated rings. The van der Waals surface area contributed by atoms with E-state index >= 15 is 0 Å². The maximum Gasteiger partial charge on any atom is 0.278 e. The Bertz CT molecular complexity index is 1260. The first-order chi connectivity index (χ1) is 15.0. The molecule has 9 heteroatoms. The predicted octanol–water partition coefficient (Wildman–Crippen LogP) is 3.80. The summed E-state index contributed by atoms with van der Waals surface area (Å²) in [6.45, 7) is 4.48. The van der Waals surface area contributed by atoms with E-state index in [1.807, 2.05) is 32.0 Å². The van der Waals surface area contributed by atoms with Gasteiger partial charge in [-0.15, -0.1) is 0 Å². The summed E-state index contributed by atoms with van der Waals surface area (Å²) in [5.74, 6) is 1.10. The normalized spacial score (nSPS) is 11.0. The number of para-hydroxylation sites is 2. The number of amides is 1. The fraction of sp³-hybridized carbons (Fsp3) is 0.227. The second kappa shape index (κ2) is 9.13. The van der Waals surface area contributed by atoms with Crippen LogP contribution in [-0.4, -0.2) is 32.8 Å². The zero-order valence-corrected chi connectivity index (χ0v) is 18.0. The van der Waals surface area contributed by atoms with Crippen LogP contribution in [0.25, 0.3) is 11.0 Å². The molecule has 0 spiro atoms. The van der Waals surface area contributed by atoms with Crippen molar-refractivity contribution in [3.8, 4) is 5.75 Å². The van der Waals surface area contributed by atoms with Gasteiger partial charge in [0.05, 0.1) is 36.4 Å². The van der Waals surface area contributed by atoms with E-state index in [-0.39, 0.29) is 23.8 Å². The van der Waals surface area contributed by atoms with Crippen LogP contribution in [0.4, 0.5) is 5.69 Å². The third kappa shape index (κ3) is 4.66. The van der Waals surface area contributed by atoms with Gasteiger partial charge in [-0.2, -0.15) is 0 Å². The van der Waals surface area contributed by atoms with E-state index in [1.54, 1.807) is 30.5 Å². The number of hydrogen-bond acceptors (Lipinski definition) is 6. The fourth-order valence-corrected chi connectivity index (χ4v) is 3.99. The number of furan rings is 1. The Hall–Kier alpha value is -3.46. The number of aromatic nitrogens is 3. The zero-order chi connectivity index (χ0) is 21.8. The molecule has 0 atom stereocenters. The Kier molecular flexibility index (Phi) is 6.13. The van der Waals surface area contributed by atoms with Crippen LogP contribution in [0.15, 0.2) is 63.1 Å². The molecule has 3 aromatic heterocycles. The molecule has 0 saturated heterocycles. The molecule has 8 nitrogen and oxygen atoms in total. The number of thioether (sulfide) groups is 1. The van der Waals surface area contributed by atoms with Gasteiger partial charge in [-0.1, -0.05) is 23.9 Å². The summed E-state index contributed by atoms with van der Waals surface area (Å²) < 4.78 is 12.5. The molecule has 2 N–H and O–H groups in total. The van der Waals surface area contributed by atoms with Gasteiger partial charge in [0, 0.05) is 5.69 Å². The van der Waals surface area contributed by atoms with Crippen LogP contribution in [-0.2, 0) is 11.3 Å². The Balaban J connectivity index is 1.57. The van der Waals surface area contributed by atoms with E-state index in [0.29, 0.717) is 40.0 Å². The van der Waals surface area contributed by atoms with Crippen molar-refractivity contribution in [1.82, 2.24) is 14.5 Å². The van der Waals surface area contributed by atoms with Crippen molar-refractivity contribution in [2.24, 2.45) is 0 Å². The van der Waals surface area contributed by atoms with Crippen molar-refractivity contribution in [3.05, 3.63) is 70.5 Å². The van der Waals surface area contributed by atoms with Crippen molar-refractivity contribution in [2.45, 2.75) is 25.5 Å². The van der Waals surface area contributed by atoms with Crippen LogP contribution in [0.1, 0.15) is 18.4 Å². The lowest BCUT2D eigenvalue weighted by Gasteiger charge is -2.12. The number of nitrogens with one attached hydrogen (secondary N) is 2. The van der Waals surface area contributed by atoms with Gasteiger partial charge < -0.3 is 19.5 Å². The lowest BCUT2D eigenvalue weighted by atomic mass is 10.3. The number of fused-ring (bicyclic) bond motifs is 1. The van der Waals surface area contributed by atoms with Crippen LogP contribution >= 0.6 is 11.8 Å². The number of aromatic amines is 1. The van der Waals surface area contributed by atoms with Crippen molar-refractivity contribution < 1.29 is 13.9 Å². The fourth-order valence-electron chi connectivity index (χ4n) is 3.19. The van der Waals surface area contributed by atoms with E-state index in [4.69, 9.17) is 9.15 Å². The van der Waals surface area contributed by atoms with E-state index in [2.05, 4.69) is 15.3 Å². The quantitative estimate of drug-likeness (QED) is 0.320. The molecule has 4 aromatic rings. The number of carbonyl (C=O) groups is 1. The van der Waals surface area contributed by atoms with Crippen molar-refractivity contribution in [2.75, 3.05) is 17.7 Å². The first-order valence-electron chi connectivity index (χ1n) is 9.82. The number of aryl methyl sites for hydroxylation is 1. The summed E-state index contributed by atoms with van der Waals surface area (Å²) in [5, 5.41) is 3.31. The lowest BCUT2D eigenvalue weighted by molar-refractivity contribution is -0.113. The predicted molar refractivity (Wildman–Crippen MR) is 120 cm³/mol. The first kappa shape index (κ1) is 20.8. The summed E-state index contributed by atoms with van der Waals surface area (Å²) in [7, 11) is 0. The van der Waals surface area contributed by atoms with E-state index in [1.165, 1.54) is 16.3 Å². The van der Waals surface area contributed by atoms with Crippen LogP contribution in [0.2, 0.25) is 0 Å². The van der Waals surface area contributed by atoms with Crippen molar-refractivity contribution >= 4 is 34.4 Å². The van der Waals surface area contributed by atoms with Crippen LogP contribution < -0.4 is 15.6 Å². The number of hydrogen-bond donors (Lipinski definition) is 2. The van der Waals surface area contributed by atoms with E-state index in [0.717, 1.165) is 5.69 Å². The third-order valence-electron chi connectivity index (χ3n) is 4.52. The van der Waals surface area contributed by atoms with Gasteiger partial charge in [-0.05, 0) is 44.2 Å². The number of H-pyrrole nitrogens is 1. The first-order valence-corrected chi connectivity index (χ1v) is 10.8. The number of nitrogens with zero attached hydrogens (tertiary/aromatic N) is 2. The lowest BCUT2D eigenvalue weighted by Crippen LogP contribution is -2.24. The van der Waals surface area contributed by atoms with Gasteiger partial charge in [0.15, 0.2) is 5.16 Å². The molecule has 31 heavy (non-hydrogen) atoms. The Labute approximate surface area is 182 Å². The second-order valence-corrected chi connectivity index (χ2v) is 7.79. The SMILES string of the molecule is CCOc1ccccc1NC(=O)CSc1nc2cc(C)[nH]c2c(=O)n1Cc1ccco1. The minimum Gasteiger partial charge on any atom is -0.492 e. The standard InChI is InChI=1S/C22H22N4O4S/c1-3-29-18-9-5-4-8-16(18)24-19(27)13-31-22-25-17-11-14(2)23-20(17)21(28)26(22)12-15-7-6-10-30-15/h4-11,23H,3,12-13H2,1-2H3,(H,24,27). The topological polar surface area (TPSA) is 102 Å². The average molecular weight is 439 g/mol. The van der Waals surface area contributed by atoms with Gasteiger partial charge in [-0.3, -0.25) is 14.2 Å². The molecule has 1 amide bonds. The molecule has 3 heterocycles. The van der Waals surface area contributed by atoms with Crippen LogP contribution in [0.3, 0.4) is 0 Å². The molecule has 160 valence electrons. The number of rotatable bonds is 8. The van der Waals surface area contributed by atoms with E-state index < -0.39 is 0 Å². The Morgan fingerprint density at radius 3 is 2.90 bits per heavy atom. The molecule has 0 saturated carbocycles. The van der Waals surface area contributed by atoms with Gasteiger partial charge >= 0.3 is 0 Å². The van der Waals surface area contributed by atoms with Gasteiger partial charge in [-0.25, -0.2) is 4.98 Å². The number of ether oxygens (including phenoxy) is 1. The number of anilines is 1. The van der Waals surface area contributed by atoms with Crippen LogP contribution in [0.5, 0.6) is 5.75 Å². The summed E-state index contributed by atoms with van der Waals surface area (Å²) in [6, 6.07) is 12.6. The summed E-state index contributed by atoms with van der Waals surface area (Å²) in [5.41, 5.74) is 2.24. The maximum atomic E-state index is 13.1. The Morgan fingerprint density at radius 2 is 2.13 bits per heavy atom. The van der Waals surface area contributed by atoms with Gasteiger partial charge in [0.1, 0.15) is 17.0 Å². The molecule has 0 bridgehead atoms. The van der Waals surface area contributed by atoms with Crippen LogP contribution in [0, 0.1) is 6.92 Å². The highest BCUT2D eigenvalue weighted by Gasteiger charge is 2.16.